The standard InChI is InChI=1S/C20H34N4O5S/c1-15(20(25)21-7-4-8-23-11-13-28-14-12-23)18-5-9-24(10-6-18)30(26,27)19-16(2)22-29-17(19)3/h15,18H,4-14H2,1-3H3,(H,21,25). The van der Waals surface area contributed by atoms with Gasteiger partial charge in [0.15, 0.2) is 5.76 Å². The third kappa shape index (κ3) is 5.40. The van der Waals surface area contributed by atoms with Crippen LogP contribution in [0.25, 0.3) is 0 Å². The molecule has 2 fully saturated rings. The Kier molecular flexibility index (Phi) is 7.89. The van der Waals surface area contributed by atoms with E-state index in [1.165, 1.54) is 4.31 Å². The molecule has 0 aromatic carbocycles. The molecule has 0 bridgehead atoms. The summed E-state index contributed by atoms with van der Waals surface area (Å²) in [5, 5.41) is 6.81. The highest BCUT2D eigenvalue weighted by molar-refractivity contribution is 7.89. The topological polar surface area (TPSA) is 105 Å². The van der Waals surface area contributed by atoms with Crippen LogP contribution in [0, 0.1) is 25.7 Å². The van der Waals surface area contributed by atoms with Crippen molar-refractivity contribution in [3.8, 4) is 0 Å². The van der Waals surface area contributed by atoms with Crippen LogP contribution in [0.2, 0.25) is 0 Å². The van der Waals surface area contributed by atoms with Gasteiger partial charge in [0.1, 0.15) is 10.6 Å². The lowest BCUT2D eigenvalue weighted by atomic mass is 9.85. The van der Waals surface area contributed by atoms with Crippen molar-refractivity contribution in [2.24, 2.45) is 11.8 Å². The first kappa shape index (κ1) is 23.2. The van der Waals surface area contributed by atoms with E-state index in [1.807, 2.05) is 6.92 Å². The monoisotopic (exact) mass is 442 g/mol. The number of carbonyl (C=O) groups is 1. The van der Waals surface area contributed by atoms with Gasteiger partial charge in [0.05, 0.1) is 13.2 Å². The molecular formula is C20H34N4O5S. The number of nitrogens with zero attached hydrogens (tertiary/aromatic N) is 3. The van der Waals surface area contributed by atoms with Crippen molar-refractivity contribution in [3.63, 3.8) is 0 Å². The quantitative estimate of drug-likeness (QED) is 0.603. The summed E-state index contributed by atoms with van der Waals surface area (Å²) in [7, 11) is -3.61. The molecule has 9 nitrogen and oxygen atoms in total. The van der Waals surface area contributed by atoms with Crippen molar-refractivity contribution in [1.29, 1.82) is 0 Å². The molecule has 0 saturated carbocycles. The number of aryl methyl sites for hydroxylation is 2. The molecule has 0 radical (unpaired) electrons. The normalized spacial score (nSPS) is 20.9. The smallest absolute Gasteiger partial charge is 0.248 e. The Morgan fingerprint density at radius 3 is 2.47 bits per heavy atom. The average molecular weight is 443 g/mol. The molecule has 1 aromatic rings. The second-order valence-electron chi connectivity index (χ2n) is 8.28. The van der Waals surface area contributed by atoms with Gasteiger partial charge in [-0.2, -0.15) is 4.31 Å². The predicted molar refractivity (Wildman–Crippen MR) is 112 cm³/mol. The zero-order valence-electron chi connectivity index (χ0n) is 18.2. The summed E-state index contributed by atoms with van der Waals surface area (Å²) in [6, 6.07) is 0. The fraction of sp³-hybridized carbons (Fsp3) is 0.800. The van der Waals surface area contributed by atoms with Gasteiger partial charge in [-0.15, -0.1) is 0 Å². The van der Waals surface area contributed by atoms with E-state index in [2.05, 4.69) is 15.4 Å². The number of ether oxygens (including phenoxy) is 1. The van der Waals surface area contributed by atoms with E-state index in [1.54, 1.807) is 13.8 Å². The maximum atomic E-state index is 12.9. The van der Waals surface area contributed by atoms with Crippen molar-refractivity contribution in [1.82, 2.24) is 19.7 Å². The Bertz CT molecular complexity index is 792. The van der Waals surface area contributed by atoms with Crippen molar-refractivity contribution < 1.29 is 22.5 Å². The molecule has 1 atom stereocenters. The molecule has 0 spiro atoms. The van der Waals surface area contributed by atoms with Crippen molar-refractivity contribution in [2.45, 2.75) is 44.9 Å². The number of sulfonamides is 1. The van der Waals surface area contributed by atoms with E-state index in [9.17, 15) is 13.2 Å². The number of amides is 1. The summed E-state index contributed by atoms with van der Waals surface area (Å²) in [5.74, 6) is 0.432. The molecule has 1 amide bonds. The Hall–Kier alpha value is -1.49. The molecule has 2 saturated heterocycles. The number of aromatic nitrogens is 1. The summed E-state index contributed by atoms with van der Waals surface area (Å²) >= 11 is 0. The SMILES string of the molecule is Cc1noc(C)c1S(=O)(=O)N1CCC(C(C)C(=O)NCCCN2CCOCC2)CC1. The van der Waals surface area contributed by atoms with Crippen LogP contribution in [0.15, 0.2) is 9.42 Å². The zero-order valence-corrected chi connectivity index (χ0v) is 19.0. The van der Waals surface area contributed by atoms with Crippen LogP contribution in [0.5, 0.6) is 0 Å². The Labute approximate surface area is 179 Å². The van der Waals surface area contributed by atoms with E-state index in [0.717, 1.165) is 39.3 Å². The molecule has 30 heavy (non-hydrogen) atoms. The zero-order chi connectivity index (χ0) is 21.7. The first-order chi connectivity index (χ1) is 14.3. The first-order valence-corrected chi connectivity index (χ1v) is 12.3. The van der Waals surface area contributed by atoms with Crippen LogP contribution in [0.1, 0.15) is 37.6 Å². The van der Waals surface area contributed by atoms with Gasteiger partial charge in [-0.05, 0) is 45.6 Å². The summed E-state index contributed by atoms with van der Waals surface area (Å²) in [6.45, 7) is 11.1. The minimum Gasteiger partial charge on any atom is -0.379 e. The largest absolute Gasteiger partial charge is 0.379 e. The fourth-order valence-corrected chi connectivity index (χ4v) is 6.06. The summed E-state index contributed by atoms with van der Waals surface area (Å²) in [5.41, 5.74) is 0.388. The predicted octanol–water partition coefficient (Wildman–Crippen LogP) is 1.17. The maximum absolute atomic E-state index is 12.9. The van der Waals surface area contributed by atoms with E-state index in [-0.39, 0.29) is 22.6 Å². The van der Waals surface area contributed by atoms with E-state index < -0.39 is 10.0 Å². The maximum Gasteiger partial charge on any atom is 0.248 e. The Balaban J connectivity index is 1.43. The van der Waals surface area contributed by atoms with E-state index in [4.69, 9.17) is 9.26 Å². The molecule has 2 aliphatic rings. The van der Waals surface area contributed by atoms with E-state index in [0.29, 0.717) is 43.9 Å². The van der Waals surface area contributed by atoms with Crippen molar-refractivity contribution >= 4 is 15.9 Å². The van der Waals surface area contributed by atoms with E-state index >= 15 is 0 Å². The van der Waals surface area contributed by atoms with Crippen molar-refractivity contribution in [3.05, 3.63) is 11.5 Å². The van der Waals surface area contributed by atoms with Crippen LogP contribution in [-0.2, 0) is 19.6 Å². The number of rotatable bonds is 8. The van der Waals surface area contributed by atoms with Gasteiger partial charge in [-0.3, -0.25) is 9.69 Å². The molecule has 0 aliphatic carbocycles. The molecule has 1 aromatic heterocycles. The lowest BCUT2D eigenvalue weighted by molar-refractivity contribution is -0.126. The average Bonchev–Trinajstić information content (AvgIpc) is 3.10. The molecule has 2 aliphatic heterocycles. The number of morpholine rings is 1. The van der Waals surface area contributed by atoms with Crippen LogP contribution < -0.4 is 5.32 Å². The van der Waals surface area contributed by atoms with Gasteiger partial charge >= 0.3 is 0 Å². The molecule has 1 unspecified atom stereocenters. The van der Waals surface area contributed by atoms with Crippen LogP contribution in [-0.4, -0.2) is 81.2 Å². The van der Waals surface area contributed by atoms with Gasteiger partial charge < -0.3 is 14.6 Å². The third-order valence-corrected chi connectivity index (χ3v) is 8.38. The van der Waals surface area contributed by atoms with Gasteiger partial charge in [0.25, 0.3) is 0 Å². The number of nitrogens with one attached hydrogen (secondary N) is 1. The minimum atomic E-state index is -3.61. The van der Waals surface area contributed by atoms with Crippen LogP contribution >= 0.6 is 0 Å². The second-order valence-corrected chi connectivity index (χ2v) is 10.2. The Morgan fingerprint density at radius 2 is 1.87 bits per heavy atom. The lowest BCUT2D eigenvalue weighted by Crippen LogP contribution is -2.43. The van der Waals surface area contributed by atoms with Gasteiger partial charge in [0, 0.05) is 38.6 Å². The molecule has 3 rings (SSSR count). The van der Waals surface area contributed by atoms with Crippen LogP contribution in [0.3, 0.4) is 0 Å². The first-order valence-electron chi connectivity index (χ1n) is 10.8. The summed E-state index contributed by atoms with van der Waals surface area (Å²) < 4.78 is 37.7. The highest BCUT2D eigenvalue weighted by Gasteiger charge is 2.36. The number of hydrogen-bond donors (Lipinski definition) is 1. The third-order valence-electron chi connectivity index (χ3n) is 6.24. The molecule has 170 valence electrons. The molecule has 3 heterocycles. The minimum absolute atomic E-state index is 0.0593. The molecule has 1 N–H and O–H groups in total. The number of carbonyl (C=O) groups excluding carboxylic acids is 1. The highest BCUT2D eigenvalue weighted by Crippen LogP contribution is 2.30. The second kappa shape index (κ2) is 10.2. The van der Waals surface area contributed by atoms with Gasteiger partial charge in [-0.25, -0.2) is 8.42 Å². The van der Waals surface area contributed by atoms with Crippen molar-refractivity contribution in [2.75, 3.05) is 52.5 Å². The number of hydrogen-bond acceptors (Lipinski definition) is 7. The molecule has 10 heteroatoms. The summed E-state index contributed by atoms with van der Waals surface area (Å²) in [4.78, 5) is 15.1. The van der Waals surface area contributed by atoms with Gasteiger partial charge in [-0.1, -0.05) is 12.1 Å². The highest BCUT2D eigenvalue weighted by atomic mass is 32.2. The fourth-order valence-electron chi connectivity index (χ4n) is 4.30. The Morgan fingerprint density at radius 1 is 1.20 bits per heavy atom. The summed E-state index contributed by atoms with van der Waals surface area (Å²) in [6.07, 6.45) is 2.27. The van der Waals surface area contributed by atoms with Gasteiger partial charge in [0.2, 0.25) is 15.9 Å². The lowest BCUT2D eigenvalue weighted by Gasteiger charge is -2.33. The molecular weight excluding hydrogens is 408 g/mol. The van der Waals surface area contributed by atoms with Crippen LogP contribution in [0.4, 0.5) is 0 Å². The number of piperidine rings is 1.